The van der Waals surface area contributed by atoms with Crippen LogP contribution < -0.4 is 5.32 Å². The summed E-state index contributed by atoms with van der Waals surface area (Å²) in [6.07, 6.45) is 0.476. The molecule has 12 heteroatoms. The zero-order valence-corrected chi connectivity index (χ0v) is 52.3. The minimum Gasteiger partial charge on any atom is -0.359 e. The molecule has 0 saturated heterocycles. The molecular weight excluding hydrogens is 1100 g/mol. The highest BCUT2D eigenvalue weighted by Crippen LogP contribution is 2.27. The summed E-state index contributed by atoms with van der Waals surface area (Å²) in [6.45, 7) is 20.0. The van der Waals surface area contributed by atoms with Crippen LogP contribution in [0.1, 0.15) is 72.9 Å². The molecule has 3 aromatic heterocycles. The van der Waals surface area contributed by atoms with Gasteiger partial charge in [-0.05, 0) is 140 Å². The molecule has 0 fully saturated rings. The van der Waals surface area contributed by atoms with E-state index in [2.05, 4.69) is 161 Å². The maximum absolute atomic E-state index is 12.0. The summed E-state index contributed by atoms with van der Waals surface area (Å²) in [4.78, 5) is 55.0. The first-order chi connectivity index (χ1) is 42.9. The summed E-state index contributed by atoms with van der Waals surface area (Å²) in [6, 6.07) is 72.9. The van der Waals surface area contributed by atoms with Gasteiger partial charge in [-0.1, -0.05) is 197 Å². The number of nitrogens with one attached hydrogen (secondary N) is 1. The Morgan fingerprint density at radius 1 is 0.315 bits per heavy atom. The van der Waals surface area contributed by atoms with Crippen molar-refractivity contribution in [1.29, 1.82) is 0 Å². The number of amides is 1. The van der Waals surface area contributed by atoms with Crippen LogP contribution in [-0.2, 0) is 11.2 Å². The zero-order valence-electron chi connectivity index (χ0n) is 52.3. The molecule has 3 heterocycles. The van der Waals surface area contributed by atoms with E-state index in [-0.39, 0.29) is 11.7 Å². The first-order valence-corrected chi connectivity index (χ1v) is 29.5. The van der Waals surface area contributed by atoms with Crippen molar-refractivity contribution in [2.24, 2.45) is 10.2 Å². The lowest BCUT2D eigenvalue weighted by Crippen LogP contribution is -2.11. The molecule has 0 spiro atoms. The third kappa shape index (κ3) is 17.9. The molecule has 0 aliphatic rings. The number of fused-ring (bicyclic) bond motifs is 4. The second-order valence-corrected chi connectivity index (χ2v) is 22.3. The number of rotatable bonds is 8. The van der Waals surface area contributed by atoms with E-state index in [9.17, 15) is 9.59 Å². The van der Waals surface area contributed by atoms with E-state index in [1.807, 2.05) is 135 Å². The Bertz CT molecular complexity index is 4290. The van der Waals surface area contributed by atoms with Crippen molar-refractivity contribution in [3.05, 3.63) is 280 Å². The third-order valence-corrected chi connectivity index (χ3v) is 14.4. The number of aromatic nitrogens is 7. The molecule has 13 aromatic rings. The molecule has 0 aliphatic heterocycles. The van der Waals surface area contributed by atoms with Crippen LogP contribution in [0, 0.1) is 62.3 Å². The molecule has 1 N–H and O–H groups in total. The molecule has 442 valence electrons. The Kier molecular flexibility index (Phi) is 20.8. The van der Waals surface area contributed by atoms with E-state index in [1.54, 1.807) is 7.05 Å². The van der Waals surface area contributed by atoms with Crippen molar-refractivity contribution < 1.29 is 9.59 Å². The quantitative estimate of drug-likeness (QED) is 0.0887. The Labute approximate surface area is 521 Å². The average Bonchev–Trinajstić information content (AvgIpc) is 0.899. The number of ketones is 1. The minimum atomic E-state index is 0.00463. The highest BCUT2D eigenvalue weighted by Gasteiger charge is 2.13. The molecule has 0 saturated carbocycles. The largest absolute Gasteiger partial charge is 0.359 e. The molecule has 13 rings (SSSR count). The van der Waals surface area contributed by atoms with Gasteiger partial charge in [-0.25, -0.2) is 34.9 Å². The van der Waals surface area contributed by atoms with Crippen LogP contribution in [0.5, 0.6) is 0 Å². The van der Waals surface area contributed by atoms with Crippen molar-refractivity contribution >= 4 is 67.2 Å². The van der Waals surface area contributed by atoms with Crippen molar-refractivity contribution in [2.75, 3.05) is 7.05 Å². The number of benzene rings is 10. The maximum Gasteiger partial charge on any atom is 0.216 e. The summed E-state index contributed by atoms with van der Waals surface area (Å²) < 4.78 is 0. The number of Topliss-reactive ketones (excluding diaryl/α,β-unsaturated/α-hetero) is 1. The molecular formula is C77H72N10O2. The van der Waals surface area contributed by atoms with Gasteiger partial charge >= 0.3 is 0 Å². The molecule has 12 nitrogen and oxygen atoms in total. The molecule has 0 radical (unpaired) electrons. The summed E-state index contributed by atoms with van der Waals surface area (Å²) in [7, 11) is 1.60. The number of azo groups is 1. The van der Waals surface area contributed by atoms with Crippen LogP contribution in [0.3, 0.4) is 0 Å². The average molecular weight is 1170 g/mol. The van der Waals surface area contributed by atoms with Gasteiger partial charge in [0.25, 0.3) is 0 Å². The van der Waals surface area contributed by atoms with E-state index in [4.69, 9.17) is 34.9 Å². The molecule has 89 heavy (non-hydrogen) atoms. The highest BCUT2D eigenvalue weighted by atomic mass is 16.1. The summed E-state index contributed by atoms with van der Waals surface area (Å²) in [5, 5.41) is 10.7. The Hall–Kier alpha value is -10.9. The molecule has 0 atom stereocenters. The number of hydrogen-bond donors (Lipinski definition) is 1. The molecule has 0 aliphatic carbocycles. The standard InChI is InChI=1S/C24H21N3.C20H14N4.C16H16O.C14H14N2.C3H7NO/c1-16-4-10-19(11-5-16)22-25-23(20-12-6-17(2)7-13-20)27-24(26-22)21-14-8-18(3)9-15-21;1-11-3-5-13-15(7-11)23-19-9-18-20(10-17(19)21-13)24-16-8-12(2)4-6-14(16)22-18;1-12-3-7-14(8-4-12)11-16(17)15-9-5-13(2)6-10-15;1-11-3-7-13(8-4-11)15-16-14-9-5-12(2)6-10-14;1-3(5)4-2/h4-15H,1-3H3;3-10H,1-2H3;3-10H,11H2,1-2H3;3-10H,1-2H3;1-2H3,(H,4,5). The van der Waals surface area contributed by atoms with Crippen molar-refractivity contribution in [1.82, 2.24) is 40.2 Å². The molecule has 0 bridgehead atoms. The van der Waals surface area contributed by atoms with E-state index < -0.39 is 0 Å². The zero-order chi connectivity index (χ0) is 63.0. The lowest BCUT2D eigenvalue weighted by Gasteiger charge is -2.09. The molecule has 10 aromatic carbocycles. The summed E-state index contributed by atoms with van der Waals surface area (Å²) in [5.74, 6) is 2.25. The Morgan fingerprint density at radius 3 is 0.888 bits per heavy atom. The van der Waals surface area contributed by atoms with Crippen LogP contribution in [0.2, 0.25) is 0 Å². The Morgan fingerprint density at radius 2 is 0.573 bits per heavy atom. The molecule has 1 amide bonds. The van der Waals surface area contributed by atoms with E-state index in [1.165, 1.54) is 57.0 Å². The van der Waals surface area contributed by atoms with Crippen LogP contribution in [0.4, 0.5) is 11.4 Å². The number of hydrogen-bond acceptors (Lipinski definition) is 11. The first kappa shape index (κ1) is 62.7. The third-order valence-electron chi connectivity index (χ3n) is 14.4. The smallest absolute Gasteiger partial charge is 0.216 e. The fourth-order valence-corrected chi connectivity index (χ4v) is 9.01. The monoisotopic (exact) mass is 1170 g/mol. The van der Waals surface area contributed by atoms with E-state index >= 15 is 0 Å². The molecule has 0 unspecified atom stereocenters. The predicted molar refractivity (Wildman–Crippen MR) is 364 cm³/mol. The SMILES string of the molecule is CNC(C)=O.Cc1ccc(-c2nc(-c3ccc(C)cc3)nc(-c3ccc(C)cc3)n2)cc1.Cc1ccc(CC(=O)c2ccc(C)cc2)cc1.Cc1ccc(N=Nc2ccc(C)cc2)cc1.Cc1ccc2nc3cc4nc5cc(C)ccc5nc4cc3nc2c1. The maximum atomic E-state index is 12.0. The number of carbonyl (C=O) groups excluding carboxylic acids is 2. The van der Waals surface area contributed by atoms with Crippen LogP contribution in [-0.4, -0.2) is 53.6 Å². The topological polar surface area (TPSA) is 161 Å². The van der Waals surface area contributed by atoms with Gasteiger partial charge in [-0.3, -0.25) is 9.59 Å². The van der Waals surface area contributed by atoms with Gasteiger partial charge in [-0.2, -0.15) is 10.2 Å². The minimum absolute atomic E-state index is 0.00463. The normalized spacial score (nSPS) is 10.7. The van der Waals surface area contributed by atoms with E-state index in [0.29, 0.717) is 23.9 Å². The summed E-state index contributed by atoms with van der Waals surface area (Å²) >= 11 is 0. The first-order valence-electron chi connectivity index (χ1n) is 29.5. The summed E-state index contributed by atoms with van der Waals surface area (Å²) in [5.41, 5.74) is 24.5. The van der Waals surface area contributed by atoms with Gasteiger partial charge in [-0.15, -0.1) is 0 Å². The van der Waals surface area contributed by atoms with Crippen molar-refractivity contribution in [3.63, 3.8) is 0 Å². The number of carbonyl (C=O) groups is 2. The van der Waals surface area contributed by atoms with E-state index in [0.717, 1.165) is 83.3 Å². The van der Waals surface area contributed by atoms with Crippen molar-refractivity contribution in [2.45, 2.75) is 75.7 Å². The van der Waals surface area contributed by atoms with Gasteiger partial charge in [0.2, 0.25) is 5.91 Å². The van der Waals surface area contributed by atoms with Crippen LogP contribution in [0.15, 0.2) is 229 Å². The van der Waals surface area contributed by atoms with Crippen LogP contribution in [0.25, 0.3) is 78.3 Å². The van der Waals surface area contributed by atoms with Crippen LogP contribution >= 0.6 is 0 Å². The highest BCUT2D eigenvalue weighted by molar-refractivity contribution is 5.98. The lowest BCUT2D eigenvalue weighted by molar-refractivity contribution is -0.118. The van der Waals surface area contributed by atoms with Gasteiger partial charge in [0.15, 0.2) is 23.3 Å². The van der Waals surface area contributed by atoms with Gasteiger partial charge in [0.1, 0.15) is 0 Å². The predicted octanol–water partition coefficient (Wildman–Crippen LogP) is 18.5. The van der Waals surface area contributed by atoms with Gasteiger partial charge < -0.3 is 5.32 Å². The fraction of sp³-hybridized carbons (Fsp3) is 0.156. The second-order valence-electron chi connectivity index (χ2n) is 22.3. The Balaban J connectivity index is 0.000000140. The second kappa shape index (κ2) is 29.5. The van der Waals surface area contributed by atoms with Gasteiger partial charge in [0, 0.05) is 42.6 Å². The number of nitrogens with zero attached hydrogens (tertiary/aromatic N) is 9. The lowest BCUT2D eigenvalue weighted by atomic mass is 10.0. The fourth-order valence-electron chi connectivity index (χ4n) is 9.01. The van der Waals surface area contributed by atoms with Gasteiger partial charge in [0.05, 0.1) is 55.5 Å². The number of aryl methyl sites for hydroxylation is 9. The van der Waals surface area contributed by atoms with Crippen molar-refractivity contribution in [3.8, 4) is 34.2 Å².